The lowest BCUT2D eigenvalue weighted by atomic mass is 9.33. The van der Waals surface area contributed by atoms with Gasteiger partial charge in [0.15, 0.2) is 31.3 Å². The summed E-state index contributed by atoms with van der Waals surface area (Å²) in [5.41, 5.74) is -2.09. The van der Waals surface area contributed by atoms with Crippen molar-refractivity contribution in [1.82, 2.24) is 0 Å². The van der Waals surface area contributed by atoms with E-state index in [1.54, 1.807) is 0 Å². The van der Waals surface area contributed by atoms with Crippen LogP contribution in [0.15, 0.2) is 11.6 Å². The van der Waals surface area contributed by atoms with Gasteiger partial charge in [0.05, 0.1) is 50.2 Å². The SMILES string of the molecule is C[C@@H]1[C@@H](O)[C@H](OC[C@H]2O[C@@H](OC(=O)[C@]34CCC(C)(C)C[C@H]3C3=CC[C@@H]5[C@@]6(C)CC[C@H](O[C@@H]7O[C@H](C(=O)O)[C@@H](O)[C@H](O)[C@H]7O)[C@@](C)(CO)[C@@H]6CC[C@@]5(C)[C@]3(C)CC4)[C@H](O)[C@@H](O)[C@@H]2O)O[C@H](CO)[C@H]1O[C@@H]1O[C@@H](C)[C@H](O)[C@@H](O[C@@H]2O[C@H](CO)[C@@H](O)[C@H](O)[C@H]2O)[C@H]1O. The van der Waals surface area contributed by atoms with Crippen molar-refractivity contribution in [3.8, 4) is 0 Å². The molecule has 5 aliphatic heterocycles. The van der Waals surface area contributed by atoms with Gasteiger partial charge in [0.25, 0.3) is 0 Å². The molecule has 4 saturated carbocycles. The van der Waals surface area contributed by atoms with E-state index in [2.05, 4.69) is 40.7 Å². The second-order valence-electron chi connectivity index (χ2n) is 29.4. The van der Waals surface area contributed by atoms with Crippen molar-refractivity contribution in [3.63, 3.8) is 0 Å². The fraction of sp³-hybridized carbons (Fsp3) is 0.934. The summed E-state index contributed by atoms with van der Waals surface area (Å²) in [5, 5.41) is 173. The maximum absolute atomic E-state index is 15.3. The van der Waals surface area contributed by atoms with Gasteiger partial charge in [0.2, 0.25) is 6.29 Å². The number of hydrogen-bond acceptors (Lipinski definition) is 27. The fourth-order valence-electron chi connectivity index (χ4n) is 18.1. The number of esters is 1. The number of ether oxygens (including phenoxy) is 10. The van der Waals surface area contributed by atoms with Crippen molar-refractivity contribution in [1.29, 1.82) is 0 Å². The maximum Gasteiger partial charge on any atom is 0.335 e. The second kappa shape index (κ2) is 25.7. The number of aliphatic hydroxyl groups excluding tert-OH is 15. The molecule has 9 fully saturated rings. The third-order valence-electron chi connectivity index (χ3n) is 24.0. The molecule has 0 radical (unpaired) electrons. The van der Waals surface area contributed by atoms with Gasteiger partial charge in [0.1, 0.15) is 97.7 Å². The van der Waals surface area contributed by atoms with Gasteiger partial charge < -0.3 is 129 Å². The van der Waals surface area contributed by atoms with E-state index in [0.29, 0.717) is 57.8 Å². The second-order valence-corrected chi connectivity index (χ2v) is 29.4. The van der Waals surface area contributed by atoms with Crippen LogP contribution in [0.25, 0.3) is 0 Å². The Labute approximate surface area is 516 Å². The summed E-state index contributed by atoms with van der Waals surface area (Å²) in [6, 6.07) is 0. The van der Waals surface area contributed by atoms with Crippen LogP contribution in [0.4, 0.5) is 0 Å². The quantitative estimate of drug-likeness (QED) is 0.0446. The summed E-state index contributed by atoms with van der Waals surface area (Å²) in [6.07, 6.45) is -32.1. The van der Waals surface area contributed by atoms with Crippen molar-refractivity contribution in [2.75, 3.05) is 26.4 Å². The van der Waals surface area contributed by atoms with Crippen LogP contribution >= 0.6 is 0 Å². The number of fused-ring (bicyclic) bond motifs is 7. The van der Waals surface area contributed by atoms with Gasteiger partial charge in [-0.1, -0.05) is 60.1 Å². The van der Waals surface area contributed by atoms with Crippen LogP contribution in [0.2, 0.25) is 0 Å². The van der Waals surface area contributed by atoms with Crippen LogP contribution in [0.5, 0.6) is 0 Å². The summed E-state index contributed by atoms with van der Waals surface area (Å²) in [4.78, 5) is 27.2. The Hall–Kier alpha value is -2.28. The van der Waals surface area contributed by atoms with Crippen LogP contribution in [0, 0.1) is 56.2 Å². The van der Waals surface area contributed by atoms with Crippen molar-refractivity contribution in [2.45, 2.75) is 273 Å². The minimum Gasteiger partial charge on any atom is -0.479 e. The standard InChI is InChI=1S/C61H98O28/c1-24-34(65)50(83-29(21-63)46(24)86-54-45(76)47(35(66)25(2)81-54)87-51-42(73)38(69)36(67)28(20-62)82-51)80-22-30-37(68)39(70)43(74)52(84-30)89-55(79)61-17-15-56(3,4)19-27(61)26-9-10-32-57(5)13-12-33(85-53-44(75)40(71)41(72)48(88-53)49(77)78)58(6,23-64)31(57)11-14-60(32,8)59(26,7)16-18-61/h9,24-25,27-48,50-54,62-76H,10-23H2,1-8H3,(H,77,78)/t24-,25+,27+,28-,29-,30-,31-,32-,33+,34-,35+,36-,37-,38+,39+,40+,41+,42-,43-,44-,45-,46+,47-,48+,50-,51+,52+,53-,54+,57+,58+,59-,60-,61+/m1/s1. The number of allylic oxidation sites excluding steroid dienone is 2. The highest BCUT2D eigenvalue weighted by atomic mass is 16.8. The molecular formula is C61H98O28. The van der Waals surface area contributed by atoms with E-state index in [-0.39, 0.29) is 40.6 Å². The normalized spacial score (nSPS) is 54.1. The number of aliphatic carboxylic acids is 1. The Morgan fingerprint density at radius 2 is 1.12 bits per heavy atom. The minimum atomic E-state index is -1.90. The third-order valence-corrected chi connectivity index (χ3v) is 24.0. The molecule has 510 valence electrons. The zero-order valence-corrected chi connectivity index (χ0v) is 51.8. The van der Waals surface area contributed by atoms with E-state index in [0.717, 1.165) is 12.0 Å². The molecular weight excluding hydrogens is 1180 g/mol. The van der Waals surface area contributed by atoms with E-state index in [1.807, 2.05) is 6.92 Å². The number of hydrogen-bond donors (Lipinski definition) is 16. The molecule has 10 aliphatic rings. The lowest BCUT2D eigenvalue weighted by Crippen LogP contribution is -2.67. The molecule has 89 heavy (non-hydrogen) atoms. The van der Waals surface area contributed by atoms with Gasteiger partial charge in [-0.25, -0.2) is 4.79 Å². The molecule has 16 N–H and O–H groups in total. The van der Waals surface area contributed by atoms with Gasteiger partial charge in [-0.2, -0.15) is 0 Å². The summed E-state index contributed by atoms with van der Waals surface area (Å²) < 4.78 is 59.3. The Balaban J connectivity index is 0.808. The molecule has 0 amide bonds. The van der Waals surface area contributed by atoms with Gasteiger partial charge in [-0.3, -0.25) is 4.79 Å². The molecule has 5 aliphatic carbocycles. The summed E-state index contributed by atoms with van der Waals surface area (Å²) >= 11 is 0. The average molecular weight is 1280 g/mol. The largest absolute Gasteiger partial charge is 0.479 e. The van der Waals surface area contributed by atoms with Crippen molar-refractivity contribution < 1.29 is 139 Å². The Kier molecular flexibility index (Phi) is 20.1. The molecule has 5 heterocycles. The van der Waals surface area contributed by atoms with E-state index in [4.69, 9.17) is 47.4 Å². The van der Waals surface area contributed by atoms with Crippen molar-refractivity contribution in [3.05, 3.63) is 11.6 Å². The molecule has 34 atom stereocenters. The van der Waals surface area contributed by atoms with E-state index in [9.17, 15) is 86.5 Å². The molecule has 10 rings (SSSR count). The molecule has 28 heteroatoms. The van der Waals surface area contributed by atoms with Gasteiger partial charge in [-0.15, -0.1) is 0 Å². The lowest BCUT2D eigenvalue weighted by Gasteiger charge is -2.71. The first-order valence-electron chi connectivity index (χ1n) is 31.7. The number of carbonyl (C=O) groups is 2. The highest BCUT2D eigenvalue weighted by molar-refractivity contribution is 5.79. The minimum absolute atomic E-state index is 0.0950. The monoisotopic (exact) mass is 1280 g/mol. The molecule has 0 aromatic heterocycles. The van der Waals surface area contributed by atoms with Gasteiger partial charge >= 0.3 is 11.9 Å². The molecule has 5 saturated heterocycles. The zero-order chi connectivity index (χ0) is 65.2. The average Bonchev–Trinajstić information content (AvgIpc) is 0.679. The highest BCUT2D eigenvalue weighted by Crippen LogP contribution is 2.76. The molecule has 0 spiro atoms. The Morgan fingerprint density at radius 1 is 0.551 bits per heavy atom. The molecule has 0 bridgehead atoms. The number of rotatable bonds is 15. The highest BCUT2D eigenvalue weighted by Gasteiger charge is 2.71. The first kappa shape index (κ1) is 69.5. The van der Waals surface area contributed by atoms with Gasteiger partial charge in [-0.05, 0) is 111 Å². The van der Waals surface area contributed by atoms with Crippen LogP contribution in [0.3, 0.4) is 0 Å². The first-order valence-corrected chi connectivity index (χ1v) is 31.7. The number of aliphatic hydroxyl groups is 15. The molecule has 0 unspecified atom stereocenters. The number of carboxylic acid groups (broad SMARTS) is 1. The zero-order valence-electron chi connectivity index (χ0n) is 51.8. The van der Waals surface area contributed by atoms with Gasteiger partial charge in [0, 0.05) is 11.3 Å². The first-order chi connectivity index (χ1) is 41.7. The van der Waals surface area contributed by atoms with Crippen molar-refractivity contribution >= 4 is 11.9 Å². The van der Waals surface area contributed by atoms with Crippen LogP contribution in [0.1, 0.15) is 120 Å². The summed E-state index contributed by atoms with van der Waals surface area (Å²) in [7, 11) is 0. The van der Waals surface area contributed by atoms with Crippen LogP contribution in [-0.4, -0.2) is 274 Å². The van der Waals surface area contributed by atoms with E-state index in [1.165, 1.54) is 13.8 Å². The Bertz CT molecular complexity index is 2520. The smallest absolute Gasteiger partial charge is 0.335 e. The molecule has 0 aromatic carbocycles. The number of carbonyl (C=O) groups excluding carboxylic acids is 1. The third kappa shape index (κ3) is 11.7. The van der Waals surface area contributed by atoms with E-state index < -0.39 is 207 Å². The predicted molar refractivity (Wildman–Crippen MR) is 299 cm³/mol. The Morgan fingerprint density at radius 3 is 1.76 bits per heavy atom. The van der Waals surface area contributed by atoms with Crippen molar-refractivity contribution in [2.24, 2.45) is 56.2 Å². The number of carboxylic acids is 1. The topological polar surface area (TPSA) is 450 Å². The molecule has 28 nitrogen and oxygen atoms in total. The maximum atomic E-state index is 15.3. The lowest BCUT2D eigenvalue weighted by molar-refractivity contribution is -0.375. The van der Waals surface area contributed by atoms with E-state index >= 15 is 4.79 Å². The summed E-state index contributed by atoms with van der Waals surface area (Å²) in [5.74, 6) is -3.45. The van der Waals surface area contributed by atoms with Crippen LogP contribution in [-0.2, 0) is 57.0 Å². The van der Waals surface area contributed by atoms with Crippen LogP contribution < -0.4 is 0 Å². The summed E-state index contributed by atoms with van der Waals surface area (Å²) in [6.45, 7) is 13.8. The predicted octanol–water partition coefficient (Wildman–Crippen LogP) is -2.84. The fourth-order valence-corrected chi connectivity index (χ4v) is 18.1. The molecule has 0 aromatic rings.